The first-order valence-electron chi connectivity index (χ1n) is 18.6. The molecule has 0 atom stereocenters. The number of carbonyl (C=O) groups excluding carboxylic acids is 2. The summed E-state index contributed by atoms with van der Waals surface area (Å²) in [5, 5.41) is 10.2. The quantitative estimate of drug-likeness (QED) is 0.175. The van der Waals surface area contributed by atoms with E-state index in [2.05, 4.69) is 97.2 Å². The van der Waals surface area contributed by atoms with Crippen LogP contribution in [0.2, 0.25) is 0 Å². The fourth-order valence-corrected chi connectivity index (χ4v) is 8.17. The van der Waals surface area contributed by atoms with Crippen LogP contribution in [0.1, 0.15) is 41.9 Å². The molecule has 3 fully saturated rings. The number of piperidine rings is 1. The number of fused-ring (bicyclic) bond motifs is 2. The first kappa shape index (κ1) is 33.1. The van der Waals surface area contributed by atoms with Crippen LogP contribution in [0.15, 0.2) is 73.1 Å². The van der Waals surface area contributed by atoms with Crippen LogP contribution in [-0.2, 0) is 4.79 Å². The lowest BCUT2D eigenvalue weighted by Gasteiger charge is -2.47. The van der Waals surface area contributed by atoms with Crippen molar-refractivity contribution >= 4 is 51.5 Å². The Kier molecular flexibility index (Phi) is 8.54. The van der Waals surface area contributed by atoms with Crippen molar-refractivity contribution in [2.45, 2.75) is 45.1 Å². The van der Waals surface area contributed by atoms with E-state index in [1.54, 1.807) is 4.90 Å². The molecular formula is C41H43N9O3. The molecule has 12 heteroatoms. The predicted octanol–water partition coefficient (Wildman–Crippen LogP) is 6.37. The molecule has 6 heterocycles. The first-order chi connectivity index (χ1) is 25.9. The number of aryl methyl sites for hydroxylation is 1. The zero-order valence-corrected chi connectivity index (χ0v) is 30.1. The van der Waals surface area contributed by atoms with E-state index in [4.69, 9.17) is 9.72 Å². The van der Waals surface area contributed by atoms with Crippen molar-refractivity contribution in [3.63, 3.8) is 0 Å². The standard InChI is InChI=1S/C41H43N9O3/c1-25-19-33(9-10-36(25)50-17-13-37(51)47-41(50)52)48-15-11-32(12-16-48)49-23-30(24-49)27-5-7-31(8-6-27)45-40-44-21-29-4-3-28(20-35(29)46-40)34-22-43-39-38(26(34)2)42-14-18-53-39/h3-10,19-22,30,32,42H,11-18,23-24H2,1-2H3,(H,44,45,46)(H,47,51,52). The molecule has 3 N–H and O–H groups in total. The molecule has 5 aromatic rings. The van der Waals surface area contributed by atoms with Crippen molar-refractivity contribution in [3.05, 3.63) is 89.7 Å². The van der Waals surface area contributed by atoms with E-state index < -0.39 is 0 Å². The van der Waals surface area contributed by atoms with Crippen LogP contribution in [0.4, 0.5) is 33.5 Å². The molecule has 9 rings (SSSR count). The largest absolute Gasteiger partial charge is 0.474 e. The molecule has 0 spiro atoms. The highest BCUT2D eigenvalue weighted by molar-refractivity contribution is 6.06. The summed E-state index contributed by atoms with van der Waals surface area (Å²) < 4.78 is 5.72. The fourth-order valence-electron chi connectivity index (χ4n) is 8.17. The normalized spacial score (nSPS) is 18.2. The average molecular weight is 710 g/mol. The van der Waals surface area contributed by atoms with Gasteiger partial charge in [0.1, 0.15) is 12.3 Å². The van der Waals surface area contributed by atoms with Gasteiger partial charge < -0.3 is 20.3 Å². The first-order valence-corrected chi connectivity index (χ1v) is 18.6. The van der Waals surface area contributed by atoms with Crippen LogP contribution in [0.3, 0.4) is 0 Å². The molecule has 53 heavy (non-hydrogen) atoms. The maximum Gasteiger partial charge on any atom is 0.328 e. The number of nitrogens with zero attached hydrogens (tertiary/aromatic N) is 6. The lowest BCUT2D eigenvalue weighted by atomic mass is 9.88. The third-order valence-corrected chi connectivity index (χ3v) is 11.3. The summed E-state index contributed by atoms with van der Waals surface area (Å²) in [6, 6.07) is 21.5. The Balaban J connectivity index is 0.784. The Bertz CT molecular complexity index is 2210. The molecule has 0 radical (unpaired) electrons. The summed E-state index contributed by atoms with van der Waals surface area (Å²) in [6.45, 7) is 10.1. The van der Waals surface area contributed by atoms with Crippen molar-refractivity contribution < 1.29 is 14.3 Å². The second-order valence-electron chi connectivity index (χ2n) is 14.6. The van der Waals surface area contributed by atoms with Crippen molar-refractivity contribution in [2.24, 2.45) is 0 Å². The third kappa shape index (κ3) is 6.48. The molecule has 0 unspecified atom stereocenters. The number of urea groups is 1. The minimum absolute atomic E-state index is 0.213. The Morgan fingerprint density at radius 3 is 2.53 bits per heavy atom. The number of ether oxygens (including phenoxy) is 1. The summed E-state index contributed by atoms with van der Waals surface area (Å²) in [6.07, 6.45) is 6.34. The van der Waals surface area contributed by atoms with Gasteiger partial charge in [-0.25, -0.2) is 19.7 Å². The second kappa shape index (κ2) is 13.7. The van der Waals surface area contributed by atoms with Crippen LogP contribution in [0.5, 0.6) is 5.88 Å². The zero-order valence-electron chi connectivity index (χ0n) is 30.1. The highest BCUT2D eigenvalue weighted by Gasteiger charge is 2.35. The highest BCUT2D eigenvalue weighted by Crippen LogP contribution is 2.37. The number of benzene rings is 3. The van der Waals surface area contributed by atoms with Crippen molar-refractivity contribution in [1.82, 2.24) is 25.2 Å². The van der Waals surface area contributed by atoms with Crippen LogP contribution in [0, 0.1) is 13.8 Å². The molecule has 0 bridgehead atoms. The van der Waals surface area contributed by atoms with E-state index in [0.29, 0.717) is 43.4 Å². The summed E-state index contributed by atoms with van der Waals surface area (Å²) >= 11 is 0. The number of aromatic nitrogens is 3. The van der Waals surface area contributed by atoms with Gasteiger partial charge in [0.05, 0.1) is 5.52 Å². The minimum atomic E-state index is -0.340. The molecule has 3 saturated heterocycles. The third-order valence-electron chi connectivity index (χ3n) is 11.3. The van der Waals surface area contributed by atoms with Crippen LogP contribution >= 0.6 is 0 Å². The monoisotopic (exact) mass is 709 g/mol. The topological polar surface area (TPSA) is 128 Å². The fraction of sp³-hybridized carbons (Fsp3) is 0.341. The number of likely N-dealkylation sites (tertiary alicyclic amines) is 1. The molecule has 0 aliphatic carbocycles. The Labute approximate surface area is 308 Å². The Morgan fingerprint density at radius 2 is 1.74 bits per heavy atom. The van der Waals surface area contributed by atoms with E-state index in [-0.39, 0.29) is 11.9 Å². The summed E-state index contributed by atoms with van der Waals surface area (Å²) in [5.41, 5.74) is 10.5. The molecule has 2 aromatic heterocycles. The number of hydrogen-bond donors (Lipinski definition) is 3. The molecular weight excluding hydrogens is 667 g/mol. The summed E-state index contributed by atoms with van der Waals surface area (Å²) in [4.78, 5) is 44.7. The Hall–Kier alpha value is -5.75. The minimum Gasteiger partial charge on any atom is -0.474 e. The predicted molar refractivity (Wildman–Crippen MR) is 207 cm³/mol. The van der Waals surface area contributed by atoms with Gasteiger partial charge in [0.2, 0.25) is 17.7 Å². The maximum atomic E-state index is 12.4. The van der Waals surface area contributed by atoms with Gasteiger partial charge in [0.25, 0.3) is 0 Å². The SMILES string of the molecule is Cc1cc(N2CCC(N3CC(c4ccc(Nc5ncc6ccc(-c7cnc8c(c7C)NCCO8)cc6n5)cc4)C3)CC2)ccc1N1CCC(=O)NC1=O. The van der Waals surface area contributed by atoms with E-state index >= 15 is 0 Å². The second-order valence-corrected chi connectivity index (χ2v) is 14.6. The van der Waals surface area contributed by atoms with E-state index in [0.717, 1.165) is 95.8 Å². The molecule has 3 aromatic carbocycles. The number of anilines is 5. The number of imide groups is 1. The van der Waals surface area contributed by atoms with Crippen molar-refractivity contribution in [1.29, 1.82) is 0 Å². The molecule has 0 saturated carbocycles. The number of nitrogens with one attached hydrogen (secondary N) is 3. The van der Waals surface area contributed by atoms with E-state index in [1.165, 1.54) is 11.3 Å². The molecule has 3 amide bonds. The average Bonchev–Trinajstić information content (AvgIpc) is 3.15. The highest BCUT2D eigenvalue weighted by atomic mass is 16.5. The van der Waals surface area contributed by atoms with Crippen molar-refractivity contribution in [2.75, 3.05) is 66.3 Å². The van der Waals surface area contributed by atoms with Crippen LogP contribution in [0.25, 0.3) is 22.0 Å². The summed E-state index contributed by atoms with van der Waals surface area (Å²) in [5.74, 6) is 1.55. The number of amides is 3. The number of rotatable bonds is 7. The van der Waals surface area contributed by atoms with Gasteiger partial charge in [-0.2, -0.15) is 0 Å². The van der Waals surface area contributed by atoms with Gasteiger partial charge in [-0.05, 0) is 85.3 Å². The van der Waals surface area contributed by atoms with Crippen molar-refractivity contribution in [3.8, 4) is 17.0 Å². The number of pyridine rings is 1. The molecule has 4 aliphatic heterocycles. The smallest absolute Gasteiger partial charge is 0.328 e. The maximum absolute atomic E-state index is 12.4. The van der Waals surface area contributed by atoms with Gasteiger partial charge in [-0.3, -0.25) is 19.9 Å². The lowest BCUT2D eigenvalue weighted by Crippen LogP contribution is -2.54. The van der Waals surface area contributed by atoms with Crippen LogP contribution in [-0.4, -0.2) is 83.7 Å². The van der Waals surface area contributed by atoms with Crippen LogP contribution < -0.4 is 30.5 Å². The zero-order chi connectivity index (χ0) is 36.1. The number of hydrogen-bond acceptors (Lipinski definition) is 10. The van der Waals surface area contributed by atoms with Gasteiger partial charge in [-0.15, -0.1) is 0 Å². The van der Waals surface area contributed by atoms with Gasteiger partial charge >= 0.3 is 6.03 Å². The molecule has 270 valence electrons. The summed E-state index contributed by atoms with van der Waals surface area (Å²) in [7, 11) is 0. The number of carbonyl (C=O) groups is 2. The Morgan fingerprint density at radius 1 is 0.906 bits per heavy atom. The van der Waals surface area contributed by atoms with E-state index in [9.17, 15) is 9.59 Å². The van der Waals surface area contributed by atoms with Gasteiger partial charge in [-0.1, -0.05) is 24.3 Å². The van der Waals surface area contributed by atoms with Gasteiger partial charge in [0.15, 0.2) is 0 Å². The van der Waals surface area contributed by atoms with Gasteiger partial charge in [0, 0.05) is 98.1 Å². The lowest BCUT2D eigenvalue weighted by molar-refractivity contribution is -0.120. The molecule has 12 nitrogen and oxygen atoms in total. The van der Waals surface area contributed by atoms with E-state index in [1.807, 2.05) is 25.4 Å². The molecule has 4 aliphatic rings.